The summed E-state index contributed by atoms with van der Waals surface area (Å²) in [6.45, 7) is 4.96. The van der Waals surface area contributed by atoms with E-state index in [-0.39, 0.29) is 17.6 Å². The number of rotatable bonds is 7. The van der Waals surface area contributed by atoms with E-state index in [2.05, 4.69) is 58.7 Å². The highest BCUT2D eigenvalue weighted by molar-refractivity contribution is 7.89. The van der Waals surface area contributed by atoms with Crippen LogP contribution >= 0.6 is 0 Å². The van der Waals surface area contributed by atoms with Crippen molar-refractivity contribution in [1.82, 2.24) is 9.62 Å². The van der Waals surface area contributed by atoms with Crippen molar-refractivity contribution < 1.29 is 13.2 Å². The van der Waals surface area contributed by atoms with Crippen LogP contribution in [-0.2, 0) is 34.3 Å². The van der Waals surface area contributed by atoms with Crippen LogP contribution in [0.25, 0.3) is 0 Å². The van der Waals surface area contributed by atoms with Crippen LogP contribution in [0, 0.1) is 5.92 Å². The number of fused-ring (bicyclic) bond motifs is 1. The number of nitrogens with one attached hydrogen (secondary N) is 1. The van der Waals surface area contributed by atoms with Gasteiger partial charge in [-0.05, 0) is 48.9 Å². The fourth-order valence-electron chi connectivity index (χ4n) is 4.47. The lowest BCUT2D eigenvalue weighted by Gasteiger charge is -2.30. The van der Waals surface area contributed by atoms with E-state index in [1.807, 2.05) is 0 Å². The molecule has 2 aliphatic heterocycles. The topological polar surface area (TPSA) is 69.7 Å². The van der Waals surface area contributed by atoms with Crippen LogP contribution in [0.3, 0.4) is 0 Å². The molecular formula is C24H31N3O3S. The second-order valence-corrected chi connectivity index (χ2v) is 10.7. The molecule has 166 valence electrons. The summed E-state index contributed by atoms with van der Waals surface area (Å²) in [5.41, 5.74) is 5.08. The highest BCUT2D eigenvalue weighted by atomic mass is 32.2. The van der Waals surface area contributed by atoms with Crippen molar-refractivity contribution >= 4 is 21.6 Å². The van der Waals surface area contributed by atoms with E-state index in [1.54, 1.807) is 6.92 Å². The Morgan fingerprint density at radius 2 is 1.68 bits per heavy atom. The molecule has 7 heteroatoms. The van der Waals surface area contributed by atoms with Crippen molar-refractivity contribution in [2.75, 3.05) is 30.3 Å². The molecule has 0 spiro atoms. The van der Waals surface area contributed by atoms with Gasteiger partial charge in [0.15, 0.2) is 0 Å². The van der Waals surface area contributed by atoms with Crippen LogP contribution in [0.1, 0.15) is 36.5 Å². The molecule has 2 aromatic rings. The van der Waals surface area contributed by atoms with Crippen molar-refractivity contribution in [3.8, 4) is 0 Å². The lowest BCUT2D eigenvalue weighted by molar-refractivity contribution is -0.126. The molecule has 1 amide bonds. The van der Waals surface area contributed by atoms with Crippen molar-refractivity contribution in [3.05, 3.63) is 65.2 Å². The molecule has 0 aromatic heterocycles. The van der Waals surface area contributed by atoms with Crippen LogP contribution in [-0.4, -0.2) is 44.0 Å². The highest BCUT2D eigenvalue weighted by Gasteiger charge is 2.30. The van der Waals surface area contributed by atoms with Gasteiger partial charge in [-0.15, -0.1) is 0 Å². The number of hydrogen-bond donors (Lipinski definition) is 1. The second kappa shape index (κ2) is 9.40. The summed E-state index contributed by atoms with van der Waals surface area (Å²) >= 11 is 0. The van der Waals surface area contributed by atoms with Gasteiger partial charge >= 0.3 is 0 Å². The van der Waals surface area contributed by atoms with Gasteiger partial charge in [-0.2, -0.15) is 0 Å². The van der Waals surface area contributed by atoms with E-state index in [1.165, 1.54) is 21.1 Å². The lowest BCUT2D eigenvalue weighted by Crippen LogP contribution is -2.43. The van der Waals surface area contributed by atoms with Gasteiger partial charge in [-0.3, -0.25) is 4.79 Å². The first-order valence-electron chi connectivity index (χ1n) is 11.1. The van der Waals surface area contributed by atoms with Gasteiger partial charge in [0.1, 0.15) is 0 Å². The summed E-state index contributed by atoms with van der Waals surface area (Å²) in [5.74, 6) is 0.0218. The zero-order chi connectivity index (χ0) is 21.8. The lowest BCUT2D eigenvalue weighted by atomic mass is 9.97. The minimum absolute atomic E-state index is 0.0197. The van der Waals surface area contributed by atoms with Crippen molar-refractivity contribution in [3.63, 3.8) is 0 Å². The van der Waals surface area contributed by atoms with Crippen molar-refractivity contribution in [1.29, 1.82) is 0 Å². The first kappa shape index (κ1) is 21.8. The van der Waals surface area contributed by atoms with E-state index >= 15 is 0 Å². The predicted molar refractivity (Wildman–Crippen MR) is 123 cm³/mol. The smallest absolute Gasteiger partial charge is 0.223 e. The van der Waals surface area contributed by atoms with E-state index in [0.717, 1.165) is 25.1 Å². The van der Waals surface area contributed by atoms with Crippen LogP contribution in [0.5, 0.6) is 0 Å². The predicted octanol–water partition coefficient (Wildman–Crippen LogP) is 2.93. The molecule has 1 N–H and O–H groups in total. The van der Waals surface area contributed by atoms with E-state index in [9.17, 15) is 13.2 Å². The largest absolute Gasteiger partial charge is 0.367 e. The molecule has 1 fully saturated rings. The normalized spacial score (nSPS) is 17.5. The van der Waals surface area contributed by atoms with Crippen LogP contribution in [0.2, 0.25) is 0 Å². The van der Waals surface area contributed by atoms with Crippen LogP contribution in [0.15, 0.2) is 48.5 Å². The summed E-state index contributed by atoms with van der Waals surface area (Å²) in [7, 11) is -3.16. The number of benzene rings is 2. The SMILES string of the molecule is CCS(=O)(=O)N1CCC(C(=O)NCc2ccc(CN3CCc4ccccc43)cc2)CC1. The van der Waals surface area contributed by atoms with Crippen LogP contribution in [0.4, 0.5) is 5.69 Å². The summed E-state index contributed by atoms with van der Waals surface area (Å²) in [6, 6.07) is 17.0. The highest BCUT2D eigenvalue weighted by Crippen LogP contribution is 2.28. The number of carbonyl (C=O) groups excluding carboxylic acids is 1. The van der Waals surface area contributed by atoms with Gasteiger partial charge in [-0.1, -0.05) is 42.5 Å². The Morgan fingerprint density at radius 3 is 2.39 bits per heavy atom. The average Bonchev–Trinajstić information content (AvgIpc) is 3.21. The molecule has 0 saturated carbocycles. The number of hydrogen-bond acceptors (Lipinski definition) is 4. The van der Waals surface area contributed by atoms with Gasteiger partial charge in [0.25, 0.3) is 0 Å². The Bertz CT molecular complexity index is 1010. The number of amides is 1. The van der Waals surface area contributed by atoms with Gasteiger partial charge in [-0.25, -0.2) is 12.7 Å². The Kier molecular flexibility index (Phi) is 6.62. The maximum Gasteiger partial charge on any atom is 0.223 e. The molecule has 0 atom stereocenters. The molecular weight excluding hydrogens is 410 g/mol. The molecule has 2 heterocycles. The Labute approximate surface area is 185 Å². The van der Waals surface area contributed by atoms with Gasteiger partial charge in [0, 0.05) is 44.3 Å². The first-order chi connectivity index (χ1) is 15.0. The third-order valence-corrected chi connectivity index (χ3v) is 8.31. The Balaban J connectivity index is 1.25. The minimum Gasteiger partial charge on any atom is -0.367 e. The number of carbonyl (C=O) groups is 1. The minimum atomic E-state index is -3.16. The third-order valence-electron chi connectivity index (χ3n) is 6.43. The summed E-state index contributed by atoms with van der Waals surface area (Å²) < 4.78 is 25.4. The monoisotopic (exact) mass is 441 g/mol. The molecule has 6 nitrogen and oxygen atoms in total. The fraction of sp³-hybridized carbons (Fsp3) is 0.458. The average molecular weight is 442 g/mol. The van der Waals surface area contributed by atoms with Crippen molar-refractivity contribution in [2.24, 2.45) is 5.92 Å². The maximum atomic E-state index is 12.5. The zero-order valence-corrected chi connectivity index (χ0v) is 18.9. The van der Waals surface area contributed by atoms with E-state index < -0.39 is 10.0 Å². The molecule has 4 rings (SSSR count). The summed E-state index contributed by atoms with van der Waals surface area (Å²) in [5, 5.41) is 3.02. The van der Waals surface area contributed by atoms with E-state index in [4.69, 9.17) is 0 Å². The maximum absolute atomic E-state index is 12.5. The fourth-order valence-corrected chi connectivity index (χ4v) is 5.60. The van der Waals surface area contributed by atoms with Gasteiger partial charge < -0.3 is 10.2 Å². The number of piperidine rings is 1. The first-order valence-corrected chi connectivity index (χ1v) is 12.7. The summed E-state index contributed by atoms with van der Waals surface area (Å²) in [4.78, 5) is 14.9. The Hall–Kier alpha value is -2.38. The molecule has 31 heavy (non-hydrogen) atoms. The van der Waals surface area contributed by atoms with Gasteiger partial charge in [0.2, 0.25) is 15.9 Å². The number of anilines is 1. The molecule has 0 aliphatic carbocycles. The quantitative estimate of drug-likeness (QED) is 0.717. The molecule has 2 aliphatic rings. The van der Waals surface area contributed by atoms with Crippen LogP contribution < -0.4 is 10.2 Å². The third kappa shape index (κ3) is 5.10. The van der Waals surface area contributed by atoms with E-state index in [0.29, 0.717) is 32.5 Å². The van der Waals surface area contributed by atoms with Gasteiger partial charge in [0.05, 0.1) is 5.75 Å². The van der Waals surface area contributed by atoms with Crippen molar-refractivity contribution in [2.45, 2.75) is 39.3 Å². The summed E-state index contributed by atoms with van der Waals surface area (Å²) in [6.07, 6.45) is 2.27. The molecule has 0 bridgehead atoms. The second-order valence-electron chi connectivity index (χ2n) is 8.41. The molecule has 0 radical (unpaired) electrons. The Morgan fingerprint density at radius 1 is 1.00 bits per heavy atom. The zero-order valence-electron chi connectivity index (χ0n) is 18.1. The number of nitrogens with zero attached hydrogens (tertiary/aromatic N) is 2. The number of sulfonamides is 1. The molecule has 2 aromatic carbocycles. The molecule has 1 saturated heterocycles. The molecule has 0 unspecified atom stereocenters. The number of para-hydroxylation sites is 1. The standard InChI is InChI=1S/C24H31N3O3S/c1-2-31(29,30)27-15-12-22(13-16-27)24(28)25-17-19-7-9-20(10-8-19)18-26-14-11-21-5-3-4-6-23(21)26/h3-10,22H,2,11-18H2,1H3,(H,25,28).